The smallest absolute Gasteiger partial charge is 0.255 e. The molecule has 11 heteroatoms. The van der Waals surface area contributed by atoms with Gasteiger partial charge in [0.05, 0.1) is 65.3 Å². The number of halogens is 1. The van der Waals surface area contributed by atoms with Crippen LogP contribution in [0.15, 0.2) is 36.7 Å². The number of rotatable bonds is 8. The van der Waals surface area contributed by atoms with E-state index in [9.17, 15) is 14.3 Å². The van der Waals surface area contributed by atoms with Crippen LogP contribution in [0.25, 0.3) is 16.9 Å². The zero-order valence-electron chi connectivity index (χ0n) is 19.6. The Morgan fingerprint density at radius 1 is 1.43 bits per heavy atom. The van der Waals surface area contributed by atoms with Crippen LogP contribution in [0.5, 0.6) is 0 Å². The lowest BCUT2D eigenvalue weighted by Crippen LogP contribution is -2.45. The maximum atomic E-state index is 14.2. The van der Waals surface area contributed by atoms with Crippen molar-refractivity contribution < 1.29 is 19.0 Å². The first kappa shape index (κ1) is 24.5. The molecule has 10 nitrogen and oxygen atoms in total. The van der Waals surface area contributed by atoms with Crippen molar-refractivity contribution >= 4 is 17.1 Å². The molecule has 0 saturated carbocycles. The molecule has 0 spiro atoms. The van der Waals surface area contributed by atoms with Gasteiger partial charge in [-0.05, 0) is 38.1 Å². The van der Waals surface area contributed by atoms with Gasteiger partial charge in [0.25, 0.3) is 5.91 Å². The van der Waals surface area contributed by atoms with E-state index in [1.807, 2.05) is 12.1 Å². The molecule has 184 valence electrons. The standard InChI is InChI=1S/C24H28FN7O3/c1-24(2,34)22(25)13-30-23(33)18-12-29-20(8-19(18)28-11-16-14-35-6-5-27-16)21-4-3-17-7-15(9-26)10-31-32(17)21/h3-4,7-8,10,12,16,22,27,34H,5-6,11,13-14H2,1-2H3,(H,28,29)(H,30,33)/t16-,22?/m0/s1. The normalized spacial score (nSPS) is 17.1. The van der Waals surface area contributed by atoms with Gasteiger partial charge in [-0.3, -0.25) is 9.78 Å². The van der Waals surface area contributed by atoms with Gasteiger partial charge in [0, 0.05) is 25.3 Å². The maximum Gasteiger partial charge on any atom is 0.255 e. The second-order valence-electron chi connectivity index (χ2n) is 8.96. The fraction of sp³-hybridized carbons (Fsp3) is 0.417. The van der Waals surface area contributed by atoms with E-state index in [4.69, 9.17) is 10.00 Å². The van der Waals surface area contributed by atoms with Gasteiger partial charge in [-0.25, -0.2) is 8.91 Å². The minimum absolute atomic E-state index is 0.0573. The summed E-state index contributed by atoms with van der Waals surface area (Å²) in [5, 5.41) is 32.4. The molecule has 35 heavy (non-hydrogen) atoms. The Kier molecular flexibility index (Phi) is 7.25. The summed E-state index contributed by atoms with van der Waals surface area (Å²) in [7, 11) is 0. The highest BCUT2D eigenvalue weighted by atomic mass is 19.1. The van der Waals surface area contributed by atoms with Gasteiger partial charge >= 0.3 is 0 Å². The number of fused-ring (bicyclic) bond motifs is 1. The molecule has 0 radical (unpaired) electrons. The van der Waals surface area contributed by atoms with E-state index in [1.165, 1.54) is 26.2 Å². The summed E-state index contributed by atoms with van der Waals surface area (Å²) < 4.78 is 21.3. The third-order valence-electron chi connectivity index (χ3n) is 5.79. The molecule has 0 aromatic carbocycles. The lowest BCUT2D eigenvalue weighted by Gasteiger charge is -2.25. The van der Waals surface area contributed by atoms with Gasteiger partial charge in [0.2, 0.25) is 0 Å². The molecule has 4 rings (SSSR count). The first-order valence-electron chi connectivity index (χ1n) is 11.3. The maximum absolute atomic E-state index is 14.2. The molecule has 1 saturated heterocycles. The van der Waals surface area contributed by atoms with Crippen LogP contribution in [0.2, 0.25) is 0 Å². The van der Waals surface area contributed by atoms with Gasteiger partial charge in [0.15, 0.2) is 0 Å². The number of aliphatic hydroxyl groups is 1. The van der Waals surface area contributed by atoms with Crippen molar-refractivity contribution in [2.24, 2.45) is 0 Å². The highest BCUT2D eigenvalue weighted by molar-refractivity contribution is 6.00. The summed E-state index contributed by atoms with van der Waals surface area (Å²) >= 11 is 0. The van der Waals surface area contributed by atoms with E-state index in [0.717, 1.165) is 12.1 Å². The Morgan fingerprint density at radius 2 is 2.26 bits per heavy atom. The quantitative estimate of drug-likeness (QED) is 0.380. The average Bonchev–Trinajstić information content (AvgIpc) is 3.29. The van der Waals surface area contributed by atoms with Crippen LogP contribution >= 0.6 is 0 Å². The minimum Gasteiger partial charge on any atom is -0.387 e. The molecule has 1 aliphatic rings. The van der Waals surface area contributed by atoms with Gasteiger partial charge < -0.3 is 25.8 Å². The topological polar surface area (TPSA) is 137 Å². The Balaban J connectivity index is 1.62. The van der Waals surface area contributed by atoms with Crippen LogP contribution in [0, 0.1) is 11.3 Å². The molecular formula is C24H28FN7O3. The molecule has 1 amide bonds. The van der Waals surface area contributed by atoms with Crippen molar-refractivity contribution in [2.45, 2.75) is 31.7 Å². The third-order valence-corrected chi connectivity index (χ3v) is 5.79. The van der Waals surface area contributed by atoms with Crippen molar-refractivity contribution in [1.82, 2.24) is 25.2 Å². The van der Waals surface area contributed by atoms with E-state index >= 15 is 0 Å². The van der Waals surface area contributed by atoms with Gasteiger partial charge in [0.1, 0.15) is 12.2 Å². The molecule has 1 fully saturated rings. The predicted octanol–water partition coefficient (Wildman–Crippen LogP) is 1.51. The lowest BCUT2D eigenvalue weighted by molar-refractivity contribution is -0.00177. The SMILES string of the molecule is CC(C)(O)C(F)CNC(=O)c1cnc(-c2ccc3cc(C#N)cnn23)cc1NC[C@H]1COCCN1. The van der Waals surface area contributed by atoms with E-state index < -0.39 is 17.7 Å². The average molecular weight is 482 g/mol. The van der Waals surface area contributed by atoms with Crippen LogP contribution in [0.3, 0.4) is 0 Å². The third kappa shape index (κ3) is 5.74. The van der Waals surface area contributed by atoms with Crippen LogP contribution < -0.4 is 16.0 Å². The number of amides is 1. The summed E-state index contributed by atoms with van der Waals surface area (Å²) in [6.45, 7) is 4.78. The zero-order valence-corrected chi connectivity index (χ0v) is 19.6. The van der Waals surface area contributed by atoms with Crippen molar-refractivity contribution in [3.05, 3.63) is 47.8 Å². The number of anilines is 1. The van der Waals surface area contributed by atoms with E-state index in [1.54, 1.807) is 16.6 Å². The summed E-state index contributed by atoms with van der Waals surface area (Å²) in [6, 6.07) is 9.26. The predicted molar refractivity (Wildman–Crippen MR) is 128 cm³/mol. The Labute approximate surface area is 202 Å². The van der Waals surface area contributed by atoms with E-state index in [-0.39, 0.29) is 18.2 Å². The number of carbonyl (C=O) groups excluding carboxylic acids is 1. The Bertz CT molecular complexity index is 1240. The number of nitriles is 1. The van der Waals surface area contributed by atoms with E-state index in [0.29, 0.717) is 42.4 Å². The lowest BCUT2D eigenvalue weighted by atomic mass is 10.0. The molecule has 3 aromatic heterocycles. The molecule has 0 bridgehead atoms. The van der Waals surface area contributed by atoms with Crippen molar-refractivity contribution in [2.75, 3.05) is 38.2 Å². The molecule has 1 aliphatic heterocycles. The number of alkyl halides is 1. The number of pyridine rings is 1. The van der Waals surface area contributed by atoms with Crippen molar-refractivity contribution in [3.63, 3.8) is 0 Å². The minimum atomic E-state index is -1.63. The van der Waals surface area contributed by atoms with Crippen LogP contribution in [-0.4, -0.2) is 76.3 Å². The van der Waals surface area contributed by atoms with Crippen LogP contribution in [0.1, 0.15) is 29.8 Å². The summed E-state index contributed by atoms with van der Waals surface area (Å²) in [4.78, 5) is 17.4. The molecular weight excluding hydrogens is 453 g/mol. The van der Waals surface area contributed by atoms with Crippen LogP contribution in [-0.2, 0) is 4.74 Å². The number of aromatic nitrogens is 3. The second-order valence-corrected chi connectivity index (χ2v) is 8.96. The number of nitrogens with zero attached hydrogens (tertiary/aromatic N) is 4. The molecule has 3 aromatic rings. The molecule has 1 unspecified atom stereocenters. The van der Waals surface area contributed by atoms with Crippen molar-refractivity contribution in [3.8, 4) is 17.5 Å². The largest absolute Gasteiger partial charge is 0.387 e. The number of carbonyl (C=O) groups is 1. The number of nitrogens with one attached hydrogen (secondary N) is 3. The monoisotopic (exact) mass is 481 g/mol. The highest BCUT2D eigenvalue weighted by Gasteiger charge is 2.27. The molecule has 2 atom stereocenters. The fourth-order valence-corrected chi connectivity index (χ4v) is 3.69. The molecule has 4 N–H and O–H groups in total. The van der Waals surface area contributed by atoms with E-state index in [2.05, 4.69) is 32.1 Å². The zero-order chi connectivity index (χ0) is 25.0. The Hall–Kier alpha value is -3.59. The summed E-state index contributed by atoms with van der Waals surface area (Å²) in [6.07, 6.45) is 1.27. The van der Waals surface area contributed by atoms with Crippen LogP contribution in [0.4, 0.5) is 10.1 Å². The van der Waals surface area contributed by atoms with Gasteiger partial charge in [-0.15, -0.1) is 0 Å². The van der Waals surface area contributed by atoms with Crippen molar-refractivity contribution in [1.29, 1.82) is 5.26 Å². The second kappa shape index (κ2) is 10.4. The number of morpholine rings is 1. The number of ether oxygens (including phenoxy) is 1. The van der Waals surface area contributed by atoms with Gasteiger partial charge in [-0.2, -0.15) is 10.4 Å². The first-order chi connectivity index (χ1) is 16.8. The molecule has 0 aliphatic carbocycles. The highest BCUT2D eigenvalue weighted by Crippen LogP contribution is 2.25. The summed E-state index contributed by atoms with van der Waals surface area (Å²) in [5.41, 5.74) is 1.62. The summed E-state index contributed by atoms with van der Waals surface area (Å²) in [5.74, 6) is -0.511. The molecule has 4 heterocycles. The number of hydrogen-bond acceptors (Lipinski definition) is 8. The Morgan fingerprint density at radius 3 is 2.97 bits per heavy atom. The first-order valence-corrected chi connectivity index (χ1v) is 11.3. The fourth-order valence-electron chi connectivity index (χ4n) is 3.69. The number of hydrogen-bond donors (Lipinski definition) is 4. The van der Waals surface area contributed by atoms with Gasteiger partial charge in [-0.1, -0.05) is 0 Å².